The molecule has 1 aromatic carbocycles. The number of benzene rings is 1. The summed E-state index contributed by atoms with van der Waals surface area (Å²) in [4.78, 5) is 11.7. The van der Waals surface area contributed by atoms with Gasteiger partial charge >= 0.3 is 0 Å². The van der Waals surface area contributed by atoms with Crippen molar-refractivity contribution in [2.75, 3.05) is 0 Å². The Hall–Kier alpha value is -1.21. The highest BCUT2D eigenvalue weighted by Crippen LogP contribution is 2.29. The summed E-state index contributed by atoms with van der Waals surface area (Å²) in [7, 11) is 1.75. The van der Waals surface area contributed by atoms with Gasteiger partial charge in [0.2, 0.25) is 5.16 Å². The van der Waals surface area contributed by atoms with Gasteiger partial charge in [-0.05, 0) is 40.4 Å². The lowest BCUT2D eigenvalue weighted by Crippen LogP contribution is -1.94. The van der Waals surface area contributed by atoms with E-state index < -0.39 is 0 Å². The third-order valence-electron chi connectivity index (χ3n) is 1.89. The third-order valence-corrected chi connectivity index (χ3v) is 3.48. The first-order valence-corrected chi connectivity index (χ1v) is 5.96. The standard InChI is InChI=1S/C9H7BrN4OS/c1-14-9(11-12-13-14)16-8-4-7(10)3-2-6(8)5-15/h2-5H,1H3. The molecule has 0 spiro atoms. The SMILES string of the molecule is Cn1nnnc1Sc1cc(Br)ccc1C=O. The van der Waals surface area contributed by atoms with Crippen LogP contribution in [0.2, 0.25) is 0 Å². The van der Waals surface area contributed by atoms with Crippen molar-refractivity contribution in [2.24, 2.45) is 7.05 Å². The first-order valence-electron chi connectivity index (χ1n) is 4.35. The number of aromatic nitrogens is 4. The molecule has 0 fully saturated rings. The van der Waals surface area contributed by atoms with Gasteiger partial charge in [0.25, 0.3) is 0 Å². The van der Waals surface area contributed by atoms with Crippen LogP contribution < -0.4 is 0 Å². The van der Waals surface area contributed by atoms with Gasteiger partial charge in [0.1, 0.15) is 0 Å². The fourth-order valence-electron chi connectivity index (χ4n) is 1.10. The smallest absolute Gasteiger partial charge is 0.213 e. The molecule has 82 valence electrons. The molecule has 0 unspecified atom stereocenters. The maximum absolute atomic E-state index is 10.9. The molecule has 0 saturated carbocycles. The number of carbonyl (C=O) groups excluding carboxylic acids is 1. The van der Waals surface area contributed by atoms with Gasteiger partial charge < -0.3 is 0 Å². The van der Waals surface area contributed by atoms with Gasteiger partial charge in [0.05, 0.1) is 0 Å². The summed E-state index contributed by atoms with van der Waals surface area (Å²) in [5, 5.41) is 11.8. The van der Waals surface area contributed by atoms with Gasteiger partial charge in [0.15, 0.2) is 6.29 Å². The van der Waals surface area contributed by atoms with Crippen molar-refractivity contribution in [3.63, 3.8) is 0 Å². The first kappa shape index (κ1) is 11.3. The largest absolute Gasteiger partial charge is 0.298 e. The molecule has 2 rings (SSSR count). The number of hydrogen-bond donors (Lipinski definition) is 0. The molecule has 5 nitrogen and oxygen atoms in total. The van der Waals surface area contributed by atoms with E-state index in [2.05, 4.69) is 31.5 Å². The van der Waals surface area contributed by atoms with Gasteiger partial charge in [-0.25, -0.2) is 4.68 Å². The molecule has 0 atom stereocenters. The predicted molar refractivity (Wildman–Crippen MR) is 62.5 cm³/mol. The lowest BCUT2D eigenvalue weighted by molar-refractivity contribution is 0.112. The van der Waals surface area contributed by atoms with E-state index in [0.717, 1.165) is 15.7 Å². The molecule has 0 aliphatic carbocycles. The normalized spacial score (nSPS) is 10.4. The summed E-state index contributed by atoms with van der Waals surface area (Å²) >= 11 is 4.71. The summed E-state index contributed by atoms with van der Waals surface area (Å²) in [6.07, 6.45) is 0.818. The van der Waals surface area contributed by atoms with E-state index in [-0.39, 0.29) is 0 Å². The average molecular weight is 299 g/mol. The molecule has 7 heteroatoms. The minimum absolute atomic E-state index is 0.621. The maximum Gasteiger partial charge on any atom is 0.213 e. The van der Waals surface area contributed by atoms with E-state index in [4.69, 9.17) is 0 Å². The second kappa shape index (κ2) is 4.75. The minimum atomic E-state index is 0.621. The quantitative estimate of drug-likeness (QED) is 0.811. The zero-order chi connectivity index (χ0) is 11.5. The van der Waals surface area contributed by atoms with Crippen LogP contribution in [0, 0.1) is 0 Å². The lowest BCUT2D eigenvalue weighted by atomic mass is 10.2. The van der Waals surface area contributed by atoms with E-state index in [1.54, 1.807) is 17.8 Å². The number of tetrazole rings is 1. The molecule has 0 bridgehead atoms. The van der Waals surface area contributed by atoms with Gasteiger partial charge in [-0.3, -0.25) is 4.79 Å². The first-order chi connectivity index (χ1) is 7.70. The summed E-state index contributed by atoms with van der Waals surface area (Å²) < 4.78 is 2.47. The Morgan fingerprint density at radius 1 is 1.50 bits per heavy atom. The number of carbonyl (C=O) groups is 1. The molecule has 16 heavy (non-hydrogen) atoms. The van der Waals surface area contributed by atoms with Crippen molar-refractivity contribution < 1.29 is 4.79 Å². The van der Waals surface area contributed by atoms with Crippen molar-refractivity contribution in [2.45, 2.75) is 10.1 Å². The molecular formula is C9H7BrN4OS. The van der Waals surface area contributed by atoms with E-state index in [1.165, 1.54) is 11.8 Å². The van der Waals surface area contributed by atoms with Crippen molar-refractivity contribution in [3.05, 3.63) is 28.2 Å². The Balaban J connectivity index is 2.37. The molecule has 0 aliphatic rings. The van der Waals surface area contributed by atoms with Crippen LogP contribution in [-0.4, -0.2) is 26.5 Å². The molecule has 2 aromatic rings. The Morgan fingerprint density at radius 2 is 2.31 bits per heavy atom. The molecule has 0 N–H and O–H groups in total. The Morgan fingerprint density at radius 3 is 2.94 bits per heavy atom. The molecule has 1 heterocycles. The third kappa shape index (κ3) is 2.30. The van der Waals surface area contributed by atoms with E-state index in [9.17, 15) is 4.79 Å². The highest BCUT2D eigenvalue weighted by Gasteiger charge is 2.09. The number of nitrogens with zero attached hydrogens (tertiary/aromatic N) is 4. The van der Waals surface area contributed by atoms with Gasteiger partial charge in [-0.2, -0.15) is 0 Å². The monoisotopic (exact) mass is 298 g/mol. The van der Waals surface area contributed by atoms with Crippen molar-refractivity contribution >= 4 is 34.0 Å². The van der Waals surface area contributed by atoms with Crippen LogP contribution in [0.4, 0.5) is 0 Å². The highest BCUT2D eigenvalue weighted by atomic mass is 79.9. The fraction of sp³-hybridized carbons (Fsp3) is 0.111. The van der Waals surface area contributed by atoms with Crippen LogP contribution in [0.3, 0.4) is 0 Å². The topological polar surface area (TPSA) is 60.7 Å². The second-order valence-corrected chi connectivity index (χ2v) is 4.91. The average Bonchev–Trinajstić information content (AvgIpc) is 2.65. The van der Waals surface area contributed by atoms with Crippen LogP contribution in [-0.2, 0) is 7.05 Å². The lowest BCUT2D eigenvalue weighted by Gasteiger charge is -2.03. The highest BCUT2D eigenvalue weighted by molar-refractivity contribution is 9.10. The molecule has 1 aromatic heterocycles. The van der Waals surface area contributed by atoms with E-state index in [1.807, 2.05) is 12.1 Å². The number of aryl methyl sites for hydroxylation is 1. The van der Waals surface area contributed by atoms with E-state index in [0.29, 0.717) is 10.7 Å². The summed E-state index contributed by atoms with van der Waals surface area (Å²) in [5.74, 6) is 0. The van der Waals surface area contributed by atoms with Crippen LogP contribution >= 0.6 is 27.7 Å². The van der Waals surface area contributed by atoms with Crippen LogP contribution in [0.25, 0.3) is 0 Å². The zero-order valence-corrected chi connectivity index (χ0v) is 10.7. The number of halogens is 1. The Kier molecular flexibility index (Phi) is 3.35. The van der Waals surface area contributed by atoms with Crippen molar-refractivity contribution in [1.29, 1.82) is 0 Å². The van der Waals surface area contributed by atoms with Crippen molar-refractivity contribution in [3.8, 4) is 0 Å². The zero-order valence-electron chi connectivity index (χ0n) is 8.29. The van der Waals surface area contributed by atoms with Crippen molar-refractivity contribution in [1.82, 2.24) is 20.2 Å². The second-order valence-electron chi connectivity index (χ2n) is 2.99. The minimum Gasteiger partial charge on any atom is -0.298 e. The molecule has 0 amide bonds. The Labute approximate surface area is 104 Å². The maximum atomic E-state index is 10.9. The fourth-order valence-corrected chi connectivity index (χ4v) is 2.48. The van der Waals surface area contributed by atoms with Gasteiger partial charge in [0, 0.05) is 22.0 Å². The molecule has 0 aliphatic heterocycles. The number of rotatable bonds is 3. The van der Waals surface area contributed by atoms with Gasteiger partial charge in [-0.15, -0.1) is 5.10 Å². The number of hydrogen-bond acceptors (Lipinski definition) is 5. The van der Waals surface area contributed by atoms with Crippen LogP contribution in [0.5, 0.6) is 0 Å². The Bertz CT molecular complexity index is 528. The summed E-state index contributed by atoms with van der Waals surface area (Å²) in [6.45, 7) is 0. The molecular weight excluding hydrogens is 292 g/mol. The number of aldehydes is 1. The van der Waals surface area contributed by atoms with Crippen LogP contribution in [0.1, 0.15) is 10.4 Å². The van der Waals surface area contributed by atoms with E-state index >= 15 is 0 Å². The summed E-state index contributed by atoms with van der Waals surface area (Å²) in [5.41, 5.74) is 0.621. The van der Waals surface area contributed by atoms with Crippen LogP contribution in [0.15, 0.2) is 32.7 Å². The molecule has 0 radical (unpaired) electrons. The predicted octanol–water partition coefficient (Wildman–Crippen LogP) is 1.94. The van der Waals surface area contributed by atoms with Gasteiger partial charge in [-0.1, -0.05) is 15.9 Å². The molecule has 0 saturated heterocycles. The summed E-state index contributed by atoms with van der Waals surface area (Å²) in [6, 6.07) is 5.44.